The SMILES string of the molecule is CNC(=O)OCc1cccc(Oc2ccccc2)c1. The number of para-hydroxylation sites is 1. The lowest BCUT2D eigenvalue weighted by Crippen LogP contribution is -2.18. The molecule has 0 saturated carbocycles. The molecule has 19 heavy (non-hydrogen) atoms. The Balaban J connectivity index is 2.01. The molecular weight excluding hydrogens is 242 g/mol. The normalized spacial score (nSPS) is 9.74. The Kier molecular flexibility index (Phi) is 4.39. The average Bonchev–Trinajstić information content (AvgIpc) is 2.46. The molecule has 98 valence electrons. The van der Waals surface area contributed by atoms with Crippen molar-refractivity contribution in [1.82, 2.24) is 5.32 Å². The standard InChI is InChI=1S/C15H15NO3/c1-16-15(17)18-11-12-6-5-9-14(10-12)19-13-7-3-2-4-8-13/h2-10H,11H2,1H3,(H,16,17). The molecule has 1 amide bonds. The third kappa shape index (κ3) is 4.03. The van der Waals surface area contributed by atoms with E-state index in [-0.39, 0.29) is 6.61 Å². The topological polar surface area (TPSA) is 47.6 Å². The summed E-state index contributed by atoms with van der Waals surface area (Å²) in [6.45, 7) is 0.214. The molecule has 2 aromatic carbocycles. The molecule has 0 saturated heterocycles. The van der Waals surface area contributed by atoms with Gasteiger partial charge in [-0.3, -0.25) is 0 Å². The molecule has 4 nitrogen and oxygen atoms in total. The van der Waals surface area contributed by atoms with E-state index in [2.05, 4.69) is 5.32 Å². The predicted molar refractivity (Wildman–Crippen MR) is 72.2 cm³/mol. The summed E-state index contributed by atoms with van der Waals surface area (Å²) in [7, 11) is 1.53. The highest BCUT2D eigenvalue weighted by molar-refractivity contribution is 5.66. The van der Waals surface area contributed by atoms with Gasteiger partial charge in [-0.15, -0.1) is 0 Å². The van der Waals surface area contributed by atoms with Gasteiger partial charge in [-0.2, -0.15) is 0 Å². The molecule has 0 fully saturated rings. The molecule has 2 aromatic rings. The van der Waals surface area contributed by atoms with Crippen LogP contribution in [0.25, 0.3) is 0 Å². The molecule has 0 unspecified atom stereocenters. The minimum absolute atomic E-state index is 0.214. The van der Waals surface area contributed by atoms with E-state index in [1.807, 2.05) is 54.6 Å². The lowest BCUT2D eigenvalue weighted by atomic mass is 10.2. The maximum atomic E-state index is 11.0. The van der Waals surface area contributed by atoms with Crippen LogP contribution in [0.3, 0.4) is 0 Å². The number of rotatable bonds is 4. The fourth-order valence-corrected chi connectivity index (χ4v) is 1.54. The van der Waals surface area contributed by atoms with Gasteiger partial charge in [0.05, 0.1) is 0 Å². The van der Waals surface area contributed by atoms with Gasteiger partial charge in [0, 0.05) is 7.05 Å². The van der Waals surface area contributed by atoms with Crippen molar-refractivity contribution >= 4 is 6.09 Å². The summed E-state index contributed by atoms with van der Waals surface area (Å²) >= 11 is 0. The molecule has 0 spiro atoms. The van der Waals surface area contributed by atoms with E-state index in [1.54, 1.807) is 0 Å². The minimum Gasteiger partial charge on any atom is -0.457 e. The first kappa shape index (κ1) is 13.0. The first-order chi connectivity index (χ1) is 9.28. The van der Waals surface area contributed by atoms with Crippen LogP contribution in [0.2, 0.25) is 0 Å². The Bertz CT molecular complexity index is 540. The number of amides is 1. The Labute approximate surface area is 112 Å². The van der Waals surface area contributed by atoms with Gasteiger partial charge in [0.25, 0.3) is 0 Å². The second-order valence-corrected chi connectivity index (χ2v) is 3.89. The highest BCUT2D eigenvalue weighted by Gasteiger charge is 2.02. The van der Waals surface area contributed by atoms with Crippen LogP contribution < -0.4 is 10.1 Å². The lowest BCUT2D eigenvalue weighted by molar-refractivity contribution is 0.142. The van der Waals surface area contributed by atoms with Crippen LogP contribution in [-0.2, 0) is 11.3 Å². The van der Waals surface area contributed by atoms with Crippen LogP contribution in [-0.4, -0.2) is 13.1 Å². The molecule has 0 aliphatic rings. The smallest absolute Gasteiger partial charge is 0.407 e. The van der Waals surface area contributed by atoms with Crippen LogP contribution in [0.1, 0.15) is 5.56 Å². The number of carbonyl (C=O) groups excluding carboxylic acids is 1. The first-order valence-electron chi connectivity index (χ1n) is 5.94. The molecule has 0 atom stereocenters. The van der Waals surface area contributed by atoms with E-state index in [0.29, 0.717) is 5.75 Å². The zero-order valence-electron chi connectivity index (χ0n) is 10.6. The number of ether oxygens (including phenoxy) is 2. The average molecular weight is 257 g/mol. The van der Waals surface area contributed by atoms with E-state index >= 15 is 0 Å². The van der Waals surface area contributed by atoms with Gasteiger partial charge in [0.1, 0.15) is 18.1 Å². The Hall–Kier alpha value is -2.49. The van der Waals surface area contributed by atoms with E-state index in [0.717, 1.165) is 11.3 Å². The van der Waals surface area contributed by atoms with Gasteiger partial charge >= 0.3 is 6.09 Å². The van der Waals surface area contributed by atoms with Crippen LogP contribution >= 0.6 is 0 Å². The summed E-state index contributed by atoms with van der Waals surface area (Å²) in [6.07, 6.45) is -0.450. The van der Waals surface area contributed by atoms with Crippen LogP contribution in [0.4, 0.5) is 4.79 Å². The van der Waals surface area contributed by atoms with Crippen molar-refractivity contribution in [2.24, 2.45) is 0 Å². The molecule has 4 heteroatoms. The lowest BCUT2D eigenvalue weighted by Gasteiger charge is -2.08. The summed E-state index contributed by atoms with van der Waals surface area (Å²) in [5.74, 6) is 1.48. The maximum absolute atomic E-state index is 11.0. The van der Waals surface area contributed by atoms with Crippen molar-refractivity contribution in [3.63, 3.8) is 0 Å². The number of hydrogen-bond acceptors (Lipinski definition) is 3. The van der Waals surface area contributed by atoms with Crippen molar-refractivity contribution in [2.75, 3.05) is 7.05 Å². The number of alkyl carbamates (subject to hydrolysis) is 1. The van der Waals surface area contributed by atoms with Gasteiger partial charge in [-0.25, -0.2) is 4.79 Å². The molecule has 0 aliphatic carbocycles. The number of carbonyl (C=O) groups is 1. The fourth-order valence-electron chi connectivity index (χ4n) is 1.54. The fraction of sp³-hybridized carbons (Fsp3) is 0.133. The van der Waals surface area contributed by atoms with E-state index in [9.17, 15) is 4.79 Å². The maximum Gasteiger partial charge on any atom is 0.407 e. The second-order valence-electron chi connectivity index (χ2n) is 3.89. The molecule has 0 bridgehead atoms. The van der Waals surface area contributed by atoms with Crippen molar-refractivity contribution in [3.8, 4) is 11.5 Å². The summed E-state index contributed by atoms with van der Waals surface area (Å²) in [5, 5.41) is 2.40. The zero-order chi connectivity index (χ0) is 13.5. The van der Waals surface area contributed by atoms with E-state index < -0.39 is 6.09 Å². The Morgan fingerprint density at radius 2 is 1.79 bits per heavy atom. The number of hydrogen-bond donors (Lipinski definition) is 1. The third-order valence-electron chi connectivity index (χ3n) is 2.45. The molecule has 2 rings (SSSR count). The van der Waals surface area contributed by atoms with E-state index in [4.69, 9.17) is 9.47 Å². The highest BCUT2D eigenvalue weighted by atomic mass is 16.5. The summed E-state index contributed by atoms with van der Waals surface area (Å²) in [4.78, 5) is 11.0. The molecule has 0 aromatic heterocycles. The summed E-state index contributed by atoms with van der Waals surface area (Å²) < 4.78 is 10.7. The molecule has 1 N–H and O–H groups in total. The van der Waals surface area contributed by atoms with Gasteiger partial charge in [0.15, 0.2) is 0 Å². The Morgan fingerprint density at radius 3 is 2.53 bits per heavy atom. The zero-order valence-corrected chi connectivity index (χ0v) is 10.6. The largest absolute Gasteiger partial charge is 0.457 e. The van der Waals surface area contributed by atoms with Gasteiger partial charge in [-0.1, -0.05) is 30.3 Å². The van der Waals surface area contributed by atoms with Crippen LogP contribution in [0.15, 0.2) is 54.6 Å². The number of nitrogens with one attached hydrogen (secondary N) is 1. The van der Waals surface area contributed by atoms with Crippen molar-refractivity contribution in [3.05, 3.63) is 60.2 Å². The van der Waals surface area contributed by atoms with Crippen molar-refractivity contribution < 1.29 is 14.3 Å². The highest BCUT2D eigenvalue weighted by Crippen LogP contribution is 2.21. The number of benzene rings is 2. The van der Waals surface area contributed by atoms with Crippen molar-refractivity contribution in [1.29, 1.82) is 0 Å². The summed E-state index contributed by atoms with van der Waals surface area (Å²) in [5.41, 5.74) is 0.872. The first-order valence-corrected chi connectivity index (χ1v) is 5.94. The van der Waals surface area contributed by atoms with Gasteiger partial charge < -0.3 is 14.8 Å². The van der Waals surface area contributed by atoms with E-state index in [1.165, 1.54) is 7.05 Å². The third-order valence-corrected chi connectivity index (χ3v) is 2.45. The molecular formula is C15H15NO3. The molecule has 0 aliphatic heterocycles. The molecule has 0 heterocycles. The predicted octanol–water partition coefficient (Wildman–Crippen LogP) is 3.33. The molecule has 0 radical (unpaired) electrons. The van der Waals surface area contributed by atoms with Crippen LogP contribution in [0, 0.1) is 0 Å². The minimum atomic E-state index is -0.450. The quantitative estimate of drug-likeness (QED) is 0.913. The van der Waals surface area contributed by atoms with Crippen LogP contribution in [0.5, 0.6) is 11.5 Å². The van der Waals surface area contributed by atoms with Gasteiger partial charge in [-0.05, 0) is 29.8 Å². The Morgan fingerprint density at radius 1 is 1.05 bits per heavy atom. The summed E-state index contributed by atoms with van der Waals surface area (Å²) in [6, 6.07) is 17.0. The van der Waals surface area contributed by atoms with Crippen molar-refractivity contribution in [2.45, 2.75) is 6.61 Å². The van der Waals surface area contributed by atoms with Gasteiger partial charge in [0.2, 0.25) is 0 Å². The monoisotopic (exact) mass is 257 g/mol. The second kappa shape index (κ2) is 6.44.